The summed E-state index contributed by atoms with van der Waals surface area (Å²) >= 11 is 3.43. The molecule has 0 spiro atoms. The standard InChI is InChI=1S/C26H24BrF3N2O4/c1-35-19-12-31-13-20-22(19)25(34)23(33)18(11-32-14-24(28,29)30)21(15-5-3-2-4-6-15)26(25,36-20)16-7-9-17(27)10-8-16/h2-10,12-13,18,21,23,32-34H,11,14H2,1H3. The van der Waals surface area contributed by atoms with E-state index in [4.69, 9.17) is 9.47 Å². The second kappa shape index (κ2) is 9.02. The summed E-state index contributed by atoms with van der Waals surface area (Å²) < 4.78 is 51.9. The topological polar surface area (TPSA) is 83.8 Å². The van der Waals surface area contributed by atoms with Gasteiger partial charge in [-0.3, -0.25) is 4.98 Å². The third-order valence-electron chi connectivity index (χ3n) is 7.15. The Bertz CT molecular complexity index is 1240. The van der Waals surface area contributed by atoms with Crippen LogP contribution in [0.5, 0.6) is 11.5 Å². The maximum atomic E-state index is 13.0. The van der Waals surface area contributed by atoms with E-state index in [1.165, 1.54) is 19.5 Å². The van der Waals surface area contributed by atoms with Gasteiger partial charge < -0.3 is 25.0 Å². The highest BCUT2D eigenvalue weighted by atomic mass is 79.9. The SMILES string of the molecule is COc1cncc2c1C1(O)C(O)C(CNCC(F)(F)F)C(c3ccccc3)C1(c1ccc(Br)cc1)O2. The number of rotatable bonds is 6. The van der Waals surface area contributed by atoms with Crippen LogP contribution in [0.25, 0.3) is 0 Å². The molecule has 1 aliphatic heterocycles. The number of aromatic nitrogens is 1. The summed E-state index contributed by atoms with van der Waals surface area (Å²) in [4.78, 5) is 4.16. The predicted octanol–water partition coefficient (Wildman–Crippen LogP) is 4.25. The number of fused-ring (bicyclic) bond motifs is 3. The predicted molar refractivity (Wildman–Crippen MR) is 129 cm³/mol. The van der Waals surface area contributed by atoms with Crippen molar-refractivity contribution < 1.29 is 32.9 Å². The van der Waals surface area contributed by atoms with Crippen molar-refractivity contribution in [1.29, 1.82) is 0 Å². The number of alkyl halides is 3. The van der Waals surface area contributed by atoms with Gasteiger partial charge in [-0.25, -0.2) is 0 Å². The molecule has 0 bridgehead atoms. The number of nitrogens with one attached hydrogen (secondary N) is 1. The number of aliphatic hydroxyl groups excluding tert-OH is 1. The van der Waals surface area contributed by atoms with Crippen LogP contribution in [0.4, 0.5) is 13.2 Å². The van der Waals surface area contributed by atoms with Crippen molar-refractivity contribution in [3.63, 3.8) is 0 Å². The number of hydrogen-bond donors (Lipinski definition) is 3. The molecule has 1 aromatic heterocycles. The van der Waals surface area contributed by atoms with Crippen molar-refractivity contribution in [2.45, 2.75) is 29.4 Å². The maximum Gasteiger partial charge on any atom is 0.401 e. The first kappa shape index (κ1) is 25.0. The molecule has 3 aromatic rings. The Hall–Kier alpha value is -2.66. The molecule has 5 rings (SSSR count). The average molecular weight is 565 g/mol. The summed E-state index contributed by atoms with van der Waals surface area (Å²) in [5.41, 5.74) is -2.17. The fraction of sp³-hybridized carbons (Fsp3) is 0.346. The van der Waals surface area contributed by atoms with Crippen LogP contribution in [0.1, 0.15) is 22.6 Å². The van der Waals surface area contributed by atoms with Crippen molar-refractivity contribution in [2.24, 2.45) is 5.92 Å². The van der Waals surface area contributed by atoms with E-state index >= 15 is 0 Å². The number of nitrogens with zero attached hydrogens (tertiary/aromatic N) is 1. The van der Waals surface area contributed by atoms with Crippen molar-refractivity contribution in [2.75, 3.05) is 20.2 Å². The van der Waals surface area contributed by atoms with E-state index in [1.807, 2.05) is 18.2 Å². The summed E-state index contributed by atoms with van der Waals surface area (Å²) in [5, 5.41) is 26.8. The van der Waals surface area contributed by atoms with Crippen molar-refractivity contribution in [1.82, 2.24) is 10.3 Å². The second-order valence-corrected chi connectivity index (χ2v) is 9.98. The Labute approximate surface area is 214 Å². The van der Waals surface area contributed by atoms with Crippen LogP contribution in [0.2, 0.25) is 0 Å². The minimum atomic E-state index is -4.43. The third-order valence-corrected chi connectivity index (χ3v) is 7.68. The molecule has 2 aliphatic rings. The van der Waals surface area contributed by atoms with Gasteiger partial charge in [-0.05, 0) is 23.3 Å². The molecule has 0 saturated heterocycles. The molecule has 2 heterocycles. The second-order valence-electron chi connectivity index (χ2n) is 9.07. The lowest BCUT2D eigenvalue weighted by molar-refractivity contribution is -0.152. The molecule has 1 fully saturated rings. The van der Waals surface area contributed by atoms with Crippen LogP contribution < -0.4 is 14.8 Å². The Morgan fingerprint density at radius 2 is 1.81 bits per heavy atom. The normalized spacial score (nSPS) is 28.9. The molecular formula is C26H24BrF3N2O4. The van der Waals surface area contributed by atoms with E-state index in [2.05, 4.69) is 26.2 Å². The number of halogens is 4. The molecule has 6 nitrogen and oxygen atoms in total. The Morgan fingerprint density at radius 3 is 2.44 bits per heavy atom. The van der Waals surface area contributed by atoms with Crippen LogP contribution in [0.3, 0.4) is 0 Å². The lowest BCUT2D eigenvalue weighted by Gasteiger charge is -2.41. The molecule has 36 heavy (non-hydrogen) atoms. The van der Waals surface area contributed by atoms with E-state index in [9.17, 15) is 23.4 Å². The Kier molecular flexibility index (Phi) is 6.27. The minimum Gasteiger partial charge on any atom is -0.495 e. The fourth-order valence-electron chi connectivity index (χ4n) is 5.84. The first-order valence-electron chi connectivity index (χ1n) is 11.3. The largest absolute Gasteiger partial charge is 0.495 e. The van der Waals surface area contributed by atoms with Crippen LogP contribution in [-0.2, 0) is 11.2 Å². The highest BCUT2D eigenvalue weighted by molar-refractivity contribution is 9.10. The zero-order chi connectivity index (χ0) is 25.7. The molecule has 10 heteroatoms. The molecule has 190 valence electrons. The monoisotopic (exact) mass is 564 g/mol. The first-order valence-corrected chi connectivity index (χ1v) is 12.1. The van der Waals surface area contributed by atoms with E-state index in [1.54, 1.807) is 36.4 Å². The number of hydrogen-bond acceptors (Lipinski definition) is 6. The van der Waals surface area contributed by atoms with Gasteiger partial charge >= 0.3 is 6.18 Å². The van der Waals surface area contributed by atoms with Gasteiger partial charge in [0, 0.05) is 22.9 Å². The van der Waals surface area contributed by atoms with Crippen LogP contribution >= 0.6 is 15.9 Å². The number of benzene rings is 2. The van der Waals surface area contributed by atoms with Gasteiger partial charge in [-0.15, -0.1) is 0 Å². The smallest absolute Gasteiger partial charge is 0.401 e. The van der Waals surface area contributed by atoms with Gasteiger partial charge in [-0.1, -0.05) is 58.4 Å². The van der Waals surface area contributed by atoms with Crippen molar-refractivity contribution in [3.05, 3.63) is 88.2 Å². The van der Waals surface area contributed by atoms with Crippen molar-refractivity contribution in [3.8, 4) is 11.5 Å². The number of aliphatic hydroxyl groups is 2. The van der Waals surface area contributed by atoms with Crippen LogP contribution in [0.15, 0.2) is 71.5 Å². The van der Waals surface area contributed by atoms with Gasteiger partial charge in [0.2, 0.25) is 0 Å². The fourth-order valence-corrected chi connectivity index (χ4v) is 6.10. The first-order chi connectivity index (χ1) is 17.1. The lowest BCUT2D eigenvalue weighted by atomic mass is 9.70. The van der Waals surface area contributed by atoms with E-state index in [0.29, 0.717) is 11.1 Å². The van der Waals surface area contributed by atoms with Crippen LogP contribution in [0, 0.1) is 5.92 Å². The highest BCUT2D eigenvalue weighted by Crippen LogP contribution is 2.69. The molecule has 0 radical (unpaired) electrons. The summed E-state index contributed by atoms with van der Waals surface area (Å²) in [6.07, 6.45) is -3.08. The molecule has 0 amide bonds. The molecule has 1 saturated carbocycles. The molecular weight excluding hydrogens is 541 g/mol. The Morgan fingerprint density at radius 1 is 1.11 bits per heavy atom. The van der Waals surface area contributed by atoms with Gasteiger partial charge in [-0.2, -0.15) is 13.2 Å². The molecule has 1 aliphatic carbocycles. The molecule has 5 atom stereocenters. The zero-order valence-electron chi connectivity index (χ0n) is 19.2. The number of ether oxygens (including phenoxy) is 2. The summed E-state index contributed by atoms with van der Waals surface area (Å²) in [5.74, 6) is -1.14. The maximum absolute atomic E-state index is 13.0. The van der Waals surface area contributed by atoms with Crippen LogP contribution in [-0.4, -0.2) is 47.7 Å². The quantitative estimate of drug-likeness (QED) is 0.415. The van der Waals surface area contributed by atoms with Gasteiger partial charge in [0.25, 0.3) is 0 Å². The summed E-state index contributed by atoms with van der Waals surface area (Å²) in [7, 11) is 1.42. The summed E-state index contributed by atoms with van der Waals surface area (Å²) in [6.45, 7) is -1.45. The van der Waals surface area contributed by atoms with Gasteiger partial charge in [0.05, 0.1) is 37.7 Å². The lowest BCUT2D eigenvalue weighted by Crippen LogP contribution is -2.52. The molecule has 2 aromatic carbocycles. The summed E-state index contributed by atoms with van der Waals surface area (Å²) in [6, 6.07) is 16.2. The average Bonchev–Trinajstić information content (AvgIpc) is 3.22. The van der Waals surface area contributed by atoms with E-state index < -0.39 is 41.9 Å². The van der Waals surface area contributed by atoms with Gasteiger partial charge in [0.15, 0.2) is 11.2 Å². The zero-order valence-corrected chi connectivity index (χ0v) is 20.8. The molecule has 3 N–H and O–H groups in total. The van der Waals surface area contributed by atoms with E-state index in [-0.39, 0.29) is 23.6 Å². The third kappa shape index (κ3) is 3.70. The highest BCUT2D eigenvalue weighted by Gasteiger charge is 2.76. The number of methoxy groups -OCH3 is 1. The number of pyridine rings is 1. The van der Waals surface area contributed by atoms with Crippen molar-refractivity contribution >= 4 is 15.9 Å². The molecule has 5 unspecified atom stereocenters. The Balaban J connectivity index is 1.76. The minimum absolute atomic E-state index is 0.212. The van der Waals surface area contributed by atoms with Gasteiger partial charge in [0.1, 0.15) is 11.5 Å². The van der Waals surface area contributed by atoms with E-state index in [0.717, 1.165) is 4.47 Å².